The smallest absolute Gasteiger partial charge is 0.368 e. The van der Waals surface area contributed by atoms with E-state index in [1.807, 2.05) is 0 Å². The van der Waals surface area contributed by atoms with E-state index in [-0.39, 0.29) is 37.3 Å². The second-order valence-electron chi connectivity index (χ2n) is 0.600. The number of hydrogen-bond donors (Lipinski definition) is 4. The minimum absolute atomic E-state index is 0. The number of hydrogen-bond acceptors (Lipinski definition) is 4. The molecule has 44 valence electrons. The Labute approximate surface area is 65.1 Å². The van der Waals surface area contributed by atoms with Crippen molar-refractivity contribution in [1.29, 1.82) is 0 Å². The molecule has 0 aliphatic carbocycles. The molecule has 0 atom stereocenters. The van der Waals surface area contributed by atoms with Crippen LogP contribution in [0.2, 0.25) is 0 Å². The molecule has 6 heteroatoms. The fourth-order valence-electron chi connectivity index (χ4n) is 0. The minimum atomic E-state index is -4.61. The van der Waals surface area contributed by atoms with Gasteiger partial charge in [0.15, 0.2) is 0 Å². The van der Waals surface area contributed by atoms with E-state index in [1.54, 1.807) is 0 Å². The van der Waals surface area contributed by atoms with Gasteiger partial charge in [0.25, 0.3) is 0 Å². The zero-order chi connectivity index (χ0) is 4.50. The van der Waals surface area contributed by atoms with Crippen LogP contribution >= 0.6 is 0 Å². The fraction of sp³-hybridized carbons (Fsp3) is 0. The molecule has 0 bridgehead atoms. The van der Waals surface area contributed by atoms with E-state index < -0.39 is 9.05 Å². The maximum absolute atomic E-state index is 7.33. The van der Waals surface area contributed by atoms with Crippen molar-refractivity contribution in [2.45, 2.75) is 0 Å². The van der Waals surface area contributed by atoms with E-state index in [2.05, 4.69) is 0 Å². The van der Waals surface area contributed by atoms with Crippen LogP contribution in [0.25, 0.3) is 0 Å². The molecule has 0 heterocycles. The van der Waals surface area contributed by atoms with Crippen molar-refractivity contribution in [3.05, 3.63) is 0 Å². The topological polar surface area (TPSA) is 80.9 Å². The van der Waals surface area contributed by atoms with E-state index in [9.17, 15) is 0 Å². The molecule has 0 saturated carbocycles. The molecule has 6 heavy (non-hydrogen) atoms. The van der Waals surface area contributed by atoms with E-state index in [0.717, 1.165) is 0 Å². The summed E-state index contributed by atoms with van der Waals surface area (Å²) in [6, 6.07) is 0. The second-order valence-corrected chi connectivity index (χ2v) is 1.80. The SMILES string of the molecule is O[Si](O)(O)O.[Er]. The molecular weight excluding hydrogens is 259 g/mol. The molecular formula is H4ErO4Si. The van der Waals surface area contributed by atoms with Gasteiger partial charge in [0.1, 0.15) is 0 Å². The first-order chi connectivity index (χ1) is 2.00. The summed E-state index contributed by atoms with van der Waals surface area (Å²) < 4.78 is 0. The molecule has 0 aromatic carbocycles. The summed E-state index contributed by atoms with van der Waals surface area (Å²) in [6.07, 6.45) is 0. The summed E-state index contributed by atoms with van der Waals surface area (Å²) in [7, 11) is -4.61. The third kappa shape index (κ3) is 57.8. The first kappa shape index (κ1) is 10.3. The van der Waals surface area contributed by atoms with Gasteiger partial charge < -0.3 is 19.2 Å². The Morgan fingerprint density at radius 1 is 0.833 bits per heavy atom. The standard InChI is InChI=1S/Er.H4O4Si/c;1-5(2,3)4/h;1-4H. The van der Waals surface area contributed by atoms with Crippen LogP contribution < -0.4 is 0 Å². The molecule has 0 aliphatic rings. The van der Waals surface area contributed by atoms with Crippen LogP contribution in [0.5, 0.6) is 0 Å². The average Bonchev–Trinajstić information content (AvgIpc) is 0.722. The normalized spacial score (nSPS) is 10.0. The molecule has 4 N–H and O–H groups in total. The zero-order valence-corrected chi connectivity index (χ0v) is 5.43. The third-order valence-corrected chi connectivity index (χ3v) is 0. The van der Waals surface area contributed by atoms with Gasteiger partial charge in [-0.3, -0.25) is 0 Å². The zero-order valence-electron chi connectivity index (χ0n) is 2.58. The predicted octanol–water partition coefficient (Wildman–Crippen LogP) is -2.61. The number of rotatable bonds is 0. The second kappa shape index (κ2) is 3.32. The Kier molecular flexibility index (Phi) is 5.72. The van der Waals surface area contributed by atoms with Crippen molar-refractivity contribution in [3.63, 3.8) is 0 Å². The van der Waals surface area contributed by atoms with E-state index in [0.29, 0.717) is 0 Å². The Morgan fingerprint density at radius 3 is 0.833 bits per heavy atom. The van der Waals surface area contributed by atoms with E-state index >= 15 is 0 Å². The molecule has 0 radical (unpaired) electrons. The Bertz CT molecular complexity index is 23.0. The molecule has 0 aromatic heterocycles. The monoisotopic (exact) mass is 262 g/mol. The maximum atomic E-state index is 7.33. The Hall–Kier alpha value is 1.30. The first-order valence-corrected chi connectivity index (χ1v) is 2.68. The van der Waals surface area contributed by atoms with Gasteiger partial charge in [0.05, 0.1) is 0 Å². The Balaban J connectivity index is 0. The van der Waals surface area contributed by atoms with Gasteiger partial charge in [-0.1, -0.05) is 0 Å². The molecule has 0 unspecified atom stereocenters. The van der Waals surface area contributed by atoms with Gasteiger partial charge >= 0.3 is 9.05 Å². The largest absolute Gasteiger partial charge is 0.668 e. The van der Waals surface area contributed by atoms with Crippen molar-refractivity contribution in [3.8, 4) is 0 Å². The molecule has 0 spiro atoms. The quantitative estimate of drug-likeness (QED) is 0.361. The first-order valence-electron chi connectivity index (χ1n) is 0.894. The van der Waals surface area contributed by atoms with Crippen LogP contribution in [0, 0.1) is 37.3 Å². The summed E-state index contributed by atoms with van der Waals surface area (Å²) in [5.41, 5.74) is 0. The molecule has 0 rings (SSSR count). The minimum Gasteiger partial charge on any atom is -0.368 e. The van der Waals surface area contributed by atoms with Crippen LogP contribution in [-0.4, -0.2) is 28.2 Å². The molecule has 0 aromatic rings. The molecule has 0 fully saturated rings. The summed E-state index contributed by atoms with van der Waals surface area (Å²) >= 11 is 0. The van der Waals surface area contributed by atoms with Crippen LogP contribution in [0.15, 0.2) is 0 Å². The van der Waals surface area contributed by atoms with E-state index in [4.69, 9.17) is 19.2 Å². The molecule has 0 aliphatic heterocycles. The molecule has 4 nitrogen and oxygen atoms in total. The summed E-state index contributed by atoms with van der Waals surface area (Å²) in [5.74, 6) is 0. The molecule has 0 amide bonds. The maximum Gasteiger partial charge on any atom is 0.668 e. The van der Waals surface area contributed by atoms with Crippen molar-refractivity contribution in [2.24, 2.45) is 0 Å². The van der Waals surface area contributed by atoms with E-state index in [1.165, 1.54) is 0 Å². The Morgan fingerprint density at radius 2 is 0.833 bits per heavy atom. The third-order valence-electron chi connectivity index (χ3n) is 0. The van der Waals surface area contributed by atoms with Crippen LogP contribution in [0.1, 0.15) is 0 Å². The van der Waals surface area contributed by atoms with Crippen molar-refractivity contribution >= 4 is 9.05 Å². The van der Waals surface area contributed by atoms with Crippen molar-refractivity contribution in [2.75, 3.05) is 0 Å². The predicted molar refractivity (Wildman–Crippen MR) is 14.6 cm³/mol. The van der Waals surface area contributed by atoms with Gasteiger partial charge in [-0.25, -0.2) is 0 Å². The van der Waals surface area contributed by atoms with Crippen LogP contribution in [-0.2, 0) is 0 Å². The summed E-state index contributed by atoms with van der Waals surface area (Å²) in [6.45, 7) is 0. The summed E-state index contributed by atoms with van der Waals surface area (Å²) in [5, 5.41) is 0. The molecule has 0 saturated heterocycles. The van der Waals surface area contributed by atoms with Crippen LogP contribution in [0.3, 0.4) is 0 Å². The average molecular weight is 263 g/mol. The van der Waals surface area contributed by atoms with Gasteiger partial charge in [0.2, 0.25) is 0 Å². The van der Waals surface area contributed by atoms with Crippen molar-refractivity contribution in [1.82, 2.24) is 0 Å². The van der Waals surface area contributed by atoms with Crippen molar-refractivity contribution < 1.29 is 56.5 Å². The van der Waals surface area contributed by atoms with Gasteiger partial charge in [0, 0.05) is 37.3 Å². The van der Waals surface area contributed by atoms with Gasteiger partial charge in [-0.15, -0.1) is 0 Å². The van der Waals surface area contributed by atoms with Crippen LogP contribution in [0.4, 0.5) is 0 Å². The van der Waals surface area contributed by atoms with Gasteiger partial charge in [-0.05, 0) is 0 Å². The fourth-order valence-corrected chi connectivity index (χ4v) is 0. The summed E-state index contributed by atoms with van der Waals surface area (Å²) in [4.78, 5) is 29.3. The van der Waals surface area contributed by atoms with Gasteiger partial charge in [-0.2, -0.15) is 0 Å².